The lowest BCUT2D eigenvalue weighted by Crippen LogP contribution is -2.10. The van der Waals surface area contributed by atoms with Crippen LogP contribution in [0, 0.1) is 0 Å². The fraction of sp³-hybridized carbons (Fsp3) is 0.250. The smallest absolute Gasteiger partial charge is 0.0912 e. The molecule has 20 heavy (non-hydrogen) atoms. The molecule has 5 N–H and O–H groups in total. The summed E-state index contributed by atoms with van der Waals surface area (Å²) in [5, 5.41) is 20.7. The first-order chi connectivity index (χ1) is 9.77. The molecule has 2 rings (SSSR count). The second-order valence-electron chi connectivity index (χ2n) is 4.18. The monoisotopic (exact) mass is 274 g/mol. The fourth-order valence-corrected chi connectivity index (χ4v) is 1.57. The van der Waals surface area contributed by atoms with Crippen molar-refractivity contribution < 1.29 is 10.2 Å². The summed E-state index contributed by atoms with van der Waals surface area (Å²) in [6, 6.07) is 19.2. The summed E-state index contributed by atoms with van der Waals surface area (Å²) in [6.07, 6.45) is -0.513. The average molecular weight is 274 g/mol. The van der Waals surface area contributed by atoms with E-state index in [9.17, 15) is 5.11 Å². The molecule has 108 valence electrons. The average Bonchev–Trinajstić information content (AvgIpc) is 2.54. The van der Waals surface area contributed by atoms with E-state index < -0.39 is 6.10 Å². The second kappa shape index (κ2) is 9.97. The molecule has 0 spiro atoms. The van der Waals surface area contributed by atoms with E-state index in [1.807, 2.05) is 60.7 Å². The van der Waals surface area contributed by atoms with Gasteiger partial charge in [-0.25, -0.2) is 0 Å². The molecule has 0 saturated carbocycles. The third kappa shape index (κ3) is 6.33. The number of aliphatic hydroxyl groups excluding tert-OH is 2. The third-order valence-electron chi connectivity index (χ3n) is 2.62. The van der Waals surface area contributed by atoms with Crippen LogP contribution in [0.25, 0.3) is 0 Å². The molecule has 0 aliphatic heterocycles. The minimum Gasteiger partial charge on any atom is -0.395 e. The minimum atomic E-state index is -0.513. The van der Waals surface area contributed by atoms with Crippen LogP contribution >= 0.6 is 0 Å². The highest BCUT2D eigenvalue weighted by Crippen LogP contribution is 2.08. The molecule has 0 bridgehead atoms. The minimum absolute atomic E-state index is 0.175. The number of benzene rings is 2. The van der Waals surface area contributed by atoms with Gasteiger partial charge in [-0.15, -0.1) is 0 Å². The van der Waals surface area contributed by atoms with E-state index in [1.165, 1.54) is 0 Å². The Balaban J connectivity index is 0.000000200. The summed E-state index contributed by atoms with van der Waals surface area (Å²) in [7, 11) is 0. The number of hydrogen-bond donors (Lipinski definition) is 4. The van der Waals surface area contributed by atoms with Crippen molar-refractivity contribution in [2.45, 2.75) is 6.10 Å². The molecule has 1 atom stereocenters. The number of aliphatic hydroxyl groups is 2. The second-order valence-corrected chi connectivity index (χ2v) is 4.18. The number of rotatable bonds is 5. The van der Waals surface area contributed by atoms with Crippen LogP contribution in [-0.2, 0) is 0 Å². The Hall–Kier alpha value is -1.88. The Morgan fingerprint density at radius 2 is 1.50 bits per heavy atom. The summed E-state index contributed by atoms with van der Waals surface area (Å²) in [4.78, 5) is 0. The van der Waals surface area contributed by atoms with Crippen molar-refractivity contribution in [3.05, 3.63) is 66.2 Å². The zero-order valence-corrected chi connectivity index (χ0v) is 11.4. The van der Waals surface area contributed by atoms with E-state index in [-0.39, 0.29) is 13.2 Å². The standard InChI is InChI=1S/2C8H11NO/c10-7-6-9-8-4-2-1-3-5-8;9-6-8(10)7-4-2-1-3-5-7/h1-5,9-10H,6-7H2;1-5,8,10H,6,9H2. The lowest BCUT2D eigenvalue weighted by Gasteiger charge is -2.05. The summed E-state index contributed by atoms with van der Waals surface area (Å²) >= 11 is 0. The quantitative estimate of drug-likeness (QED) is 0.670. The maximum atomic E-state index is 9.20. The van der Waals surface area contributed by atoms with Gasteiger partial charge >= 0.3 is 0 Å². The number of para-hydroxylation sites is 1. The molecule has 0 amide bonds. The topological polar surface area (TPSA) is 78.5 Å². The third-order valence-corrected chi connectivity index (χ3v) is 2.62. The van der Waals surface area contributed by atoms with Gasteiger partial charge in [0.05, 0.1) is 12.7 Å². The highest BCUT2D eigenvalue weighted by molar-refractivity contribution is 5.42. The van der Waals surface area contributed by atoms with Crippen LogP contribution in [0.4, 0.5) is 5.69 Å². The van der Waals surface area contributed by atoms with Gasteiger partial charge in [-0.3, -0.25) is 0 Å². The molecule has 1 unspecified atom stereocenters. The molecule has 2 aromatic carbocycles. The van der Waals surface area contributed by atoms with E-state index in [2.05, 4.69) is 5.32 Å². The summed E-state index contributed by atoms with van der Waals surface area (Å²) in [5.41, 5.74) is 7.19. The molecule has 0 saturated heterocycles. The first-order valence-corrected chi connectivity index (χ1v) is 6.60. The van der Waals surface area contributed by atoms with E-state index in [0.29, 0.717) is 6.54 Å². The van der Waals surface area contributed by atoms with Gasteiger partial charge in [0.1, 0.15) is 0 Å². The molecule has 0 fully saturated rings. The van der Waals surface area contributed by atoms with Gasteiger partial charge in [0.2, 0.25) is 0 Å². The summed E-state index contributed by atoms with van der Waals surface area (Å²) in [5.74, 6) is 0. The number of nitrogens with two attached hydrogens (primary N) is 1. The Kier molecular flexibility index (Phi) is 8.07. The van der Waals surface area contributed by atoms with Crippen molar-refractivity contribution in [2.24, 2.45) is 5.73 Å². The predicted molar refractivity (Wildman–Crippen MR) is 82.5 cm³/mol. The van der Waals surface area contributed by atoms with Crippen molar-refractivity contribution in [2.75, 3.05) is 25.0 Å². The van der Waals surface area contributed by atoms with E-state index in [1.54, 1.807) is 0 Å². The van der Waals surface area contributed by atoms with Crippen molar-refractivity contribution in [3.63, 3.8) is 0 Å². The highest BCUT2D eigenvalue weighted by Gasteiger charge is 2.01. The molecule has 4 heteroatoms. The molecule has 0 heterocycles. The van der Waals surface area contributed by atoms with Gasteiger partial charge < -0.3 is 21.3 Å². The summed E-state index contributed by atoms with van der Waals surface area (Å²) in [6.45, 7) is 1.07. The zero-order chi connectivity index (χ0) is 14.6. The van der Waals surface area contributed by atoms with Gasteiger partial charge in [0.15, 0.2) is 0 Å². The number of nitrogens with one attached hydrogen (secondary N) is 1. The Labute approximate surface area is 119 Å². The SMILES string of the molecule is NCC(O)c1ccccc1.OCCNc1ccccc1. The van der Waals surface area contributed by atoms with Gasteiger partial charge in [0, 0.05) is 18.8 Å². The van der Waals surface area contributed by atoms with Gasteiger partial charge in [-0.1, -0.05) is 48.5 Å². The van der Waals surface area contributed by atoms with Crippen molar-refractivity contribution >= 4 is 5.69 Å². The van der Waals surface area contributed by atoms with Gasteiger partial charge in [-0.05, 0) is 17.7 Å². The van der Waals surface area contributed by atoms with Gasteiger partial charge in [0.25, 0.3) is 0 Å². The fourth-order valence-electron chi connectivity index (χ4n) is 1.57. The normalized spacial score (nSPS) is 11.2. The zero-order valence-electron chi connectivity index (χ0n) is 11.4. The lowest BCUT2D eigenvalue weighted by atomic mass is 10.1. The van der Waals surface area contributed by atoms with E-state index in [4.69, 9.17) is 10.8 Å². The van der Waals surface area contributed by atoms with Gasteiger partial charge in [-0.2, -0.15) is 0 Å². The molecule has 2 aromatic rings. The maximum absolute atomic E-state index is 9.20. The van der Waals surface area contributed by atoms with Crippen LogP contribution in [0.1, 0.15) is 11.7 Å². The number of anilines is 1. The molecule has 4 nitrogen and oxygen atoms in total. The Morgan fingerprint density at radius 3 is 2.00 bits per heavy atom. The maximum Gasteiger partial charge on any atom is 0.0912 e. The van der Waals surface area contributed by atoms with Crippen LogP contribution < -0.4 is 11.1 Å². The van der Waals surface area contributed by atoms with Crippen molar-refractivity contribution in [3.8, 4) is 0 Å². The molecule has 0 aromatic heterocycles. The predicted octanol–water partition coefficient (Wildman–Crippen LogP) is 1.77. The van der Waals surface area contributed by atoms with Crippen molar-refractivity contribution in [1.29, 1.82) is 0 Å². The molecule has 0 aliphatic rings. The molecular formula is C16H22N2O2. The molecule has 0 radical (unpaired) electrons. The highest BCUT2D eigenvalue weighted by atomic mass is 16.3. The summed E-state index contributed by atoms with van der Waals surface area (Å²) < 4.78 is 0. The van der Waals surface area contributed by atoms with Crippen LogP contribution in [0.3, 0.4) is 0 Å². The van der Waals surface area contributed by atoms with E-state index in [0.717, 1.165) is 11.3 Å². The molecule has 0 aliphatic carbocycles. The van der Waals surface area contributed by atoms with E-state index >= 15 is 0 Å². The van der Waals surface area contributed by atoms with Crippen molar-refractivity contribution in [1.82, 2.24) is 0 Å². The first kappa shape index (κ1) is 16.2. The molecular weight excluding hydrogens is 252 g/mol. The first-order valence-electron chi connectivity index (χ1n) is 6.60. The lowest BCUT2D eigenvalue weighted by molar-refractivity contribution is 0.187. The Bertz CT molecular complexity index is 449. The number of hydrogen-bond acceptors (Lipinski definition) is 4. The Morgan fingerprint density at radius 1 is 0.950 bits per heavy atom. The van der Waals surface area contributed by atoms with Crippen LogP contribution in [0.2, 0.25) is 0 Å². The van der Waals surface area contributed by atoms with Crippen LogP contribution in [0.15, 0.2) is 60.7 Å². The largest absolute Gasteiger partial charge is 0.395 e. The van der Waals surface area contributed by atoms with Crippen LogP contribution in [0.5, 0.6) is 0 Å². The van der Waals surface area contributed by atoms with Crippen LogP contribution in [-0.4, -0.2) is 29.9 Å².